The Labute approximate surface area is 127 Å². The molecular weight excluding hydrogens is 288 g/mol. The Balaban J connectivity index is 1.55. The van der Waals surface area contributed by atoms with E-state index in [9.17, 15) is 0 Å². The van der Waals surface area contributed by atoms with Gasteiger partial charge in [0.15, 0.2) is 0 Å². The first kappa shape index (κ1) is 14.4. The van der Waals surface area contributed by atoms with Crippen molar-refractivity contribution >= 4 is 11.8 Å². The number of rotatable bonds is 8. The summed E-state index contributed by atoms with van der Waals surface area (Å²) < 4.78 is 6.89. The molecule has 7 nitrogen and oxygen atoms in total. The summed E-state index contributed by atoms with van der Waals surface area (Å²) in [6, 6.07) is 4.55. The highest BCUT2D eigenvalue weighted by Gasteiger charge is 2.28. The first-order valence-corrected chi connectivity index (χ1v) is 7.79. The van der Waals surface area contributed by atoms with Crippen molar-refractivity contribution in [2.45, 2.75) is 35.6 Å². The SMILES string of the molecule is COCCNCc1ccc(Sc2nnnn2C2CC2)nc1. The number of ether oxygens (including phenoxy) is 1. The summed E-state index contributed by atoms with van der Waals surface area (Å²) in [4.78, 5) is 4.46. The molecule has 1 saturated carbocycles. The van der Waals surface area contributed by atoms with Gasteiger partial charge in [-0.25, -0.2) is 9.67 Å². The molecule has 112 valence electrons. The predicted molar refractivity (Wildman–Crippen MR) is 78.0 cm³/mol. The zero-order valence-electron chi connectivity index (χ0n) is 11.9. The molecule has 21 heavy (non-hydrogen) atoms. The summed E-state index contributed by atoms with van der Waals surface area (Å²) in [5.41, 5.74) is 1.15. The van der Waals surface area contributed by atoms with E-state index in [4.69, 9.17) is 4.74 Å². The predicted octanol–water partition coefficient (Wildman–Crippen LogP) is 1.29. The van der Waals surface area contributed by atoms with Crippen LogP contribution in [0, 0.1) is 0 Å². The number of pyridine rings is 1. The minimum atomic E-state index is 0.478. The summed E-state index contributed by atoms with van der Waals surface area (Å²) in [6.07, 6.45) is 4.21. The van der Waals surface area contributed by atoms with Gasteiger partial charge >= 0.3 is 0 Å². The Bertz CT molecular complexity index is 568. The lowest BCUT2D eigenvalue weighted by molar-refractivity contribution is 0.199. The summed E-state index contributed by atoms with van der Waals surface area (Å²) in [7, 11) is 1.70. The number of nitrogens with one attached hydrogen (secondary N) is 1. The number of aromatic nitrogens is 5. The zero-order valence-corrected chi connectivity index (χ0v) is 12.7. The average Bonchev–Trinajstić information content (AvgIpc) is 3.25. The fourth-order valence-corrected chi connectivity index (χ4v) is 2.66. The van der Waals surface area contributed by atoms with Crippen LogP contribution in [0.25, 0.3) is 0 Å². The van der Waals surface area contributed by atoms with Crippen LogP contribution < -0.4 is 5.32 Å². The van der Waals surface area contributed by atoms with Crippen molar-refractivity contribution in [2.24, 2.45) is 0 Å². The third kappa shape index (κ3) is 3.99. The van der Waals surface area contributed by atoms with Crippen LogP contribution in [-0.4, -0.2) is 45.5 Å². The van der Waals surface area contributed by atoms with Crippen molar-refractivity contribution in [3.8, 4) is 0 Å². The summed E-state index contributed by atoms with van der Waals surface area (Å²) in [5, 5.41) is 16.9. The van der Waals surface area contributed by atoms with Crippen LogP contribution in [0.4, 0.5) is 0 Å². The van der Waals surface area contributed by atoms with Crippen LogP contribution in [-0.2, 0) is 11.3 Å². The molecule has 8 heteroatoms. The Kier molecular flexibility index (Phi) is 4.79. The second-order valence-corrected chi connectivity index (χ2v) is 5.90. The van der Waals surface area contributed by atoms with E-state index in [1.54, 1.807) is 7.11 Å². The van der Waals surface area contributed by atoms with E-state index >= 15 is 0 Å². The van der Waals surface area contributed by atoms with Crippen LogP contribution in [0.5, 0.6) is 0 Å². The molecule has 0 aliphatic heterocycles. The highest BCUT2D eigenvalue weighted by molar-refractivity contribution is 7.99. The molecule has 1 N–H and O–H groups in total. The van der Waals surface area contributed by atoms with Gasteiger partial charge in [-0.3, -0.25) is 0 Å². The van der Waals surface area contributed by atoms with E-state index in [1.165, 1.54) is 11.8 Å². The number of hydrogen-bond donors (Lipinski definition) is 1. The minimum Gasteiger partial charge on any atom is -0.383 e. The number of nitrogens with zero attached hydrogens (tertiary/aromatic N) is 5. The lowest BCUT2D eigenvalue weighted by Crippen LogP contribution is -2.18. The van der Waals surface area contributed by atoms with Crippen molar-refractivity contribution in [1.82, 2.24) is 30.5 Å². The third-order valence-electron chi connectivity index (χ3n) is 3.16. The second-order valence-electron chi connectivity index (χ2n) is 4.91. The van der Waals surface area contributed by atoms with E-state index in [0.717, 1.165) is 41.7 Å². The van der Waals surface area contributed by atoms with Gasteiger partial charge in [0.2, 0.25) is 5.16 Å². The molecule has 2 aromatic heterocycles. The lowest BCUT2D eigenvalue weighted by Gasteiger charge is -2.05. The molecule has 1 aliphatic carbocycles. The van der Waals surface area contributed by atoms with Gasteiger partial charge in [-0.1, -0.05) is 6.07 Å². The fraction of sp³-hybridized carbons (Fsp3) is 0.538. The van der Waals surface area contributed by atoms with Gasteiger partial charge in [-0.15, -0.1) is 5.10 Å². The highest BCUT2D eigenvalue weighted by Crippen LogP contribution is 2.37. The number of tetrazole rings is 1. The molecule has 0 unspecified atom stereocenters. The van der Waals surface area contributed by atoms with Gasteiger partial charge in [0, 0.05) is 26.4 Å². The first-order chi connectivity index (χ1) is 10.4. The van der Waals surface area contributed by atoms with Crippen LogP contribution in [0.1, 0.15) is 24.4 Å². The molecule has 0 radical (unpaired) electrons. The van der Waals surface area contributed by atoms with Crippen molar-refractivity contribution in [3.63, 3.8) is 0 Å². The summed E-state index contributed by atoms with van der Waals surface area (Å²) in [5.74, 6) is 0. The highest BCUT2D eigenvalue weighted by atomic mass is 32.2. The van der Waals surface area contributed by atoms with Crippen molar-refractivity contribution in [2.75, 3.05) is 20.3 Å². The van der Waals surface area contributed by atoms with E-state index in [0.29, 0.717) is 12.6 Å². The Hall–Kier alpha value is -1.51. The van der Waals surface area contributed by atoms with Gasteiger partial charge < -0.3 is 10.1 Å². The monoisotopic (exact) mass is 306 g/mol. The third-order valence-corrected chi connectivity index (χ3v) is 4.06. The molecule has 0 saturated heterocycles. The van der Waals surface area contributed by atoms with Crippen LogP contribution in [0.2, 0.25) is 0 Å². The largest absolute Gasteiger partial charge is 0.383 e. The van der Waals surface area contributed by atoms with E-state index in [2.05, 4.69) is 31.9 Å². The standard InChI is InChI=1S/C13H18N6OS/c1-20-7-6-14-8-10-2-5-12(15-9-10)21-13-16-17-18-19(13)11-3-4-11/h2,5,9,11,14H,3-4,6-8H2,1H3. The van der Waals surface area contributed by atoms with Crippen LogP contribution >= 0.6 is 11.8 Å². The van der Waals surface area contributed by atoms with Crippen LogP contribution in [0.15, 0.2) is 28.5 Å². The van der Waals surface area contributed by atoms with Gasteiger partial charge in [0.1, 0.15) is 5.03 Å². The van der Waals surface area contributed by atoms with Crippen LogP contribution in [0.3, 0.4) is 0 Å². The molecule has 0 atom stereocenters. The maximum Gasteiger partial charge on any atom is 0.215 e. The molecule has 3 rings (SSSR count). The summed E-state index contributed by atoms with van der Waals surface area (Å²) >= 11 is 1.51. The van der Waals surface area contributed by atoms with Gasteiger partial charge in [0.05, 0.1) is 12.6 Å². The van der Waals surface area contributed by atoms with E-state index < -0.39 is 0 Å². The smallest absolute Gasteiger partial charge is 0.215 e. The maximum atomic E-state index is 4.99. The molecule has 1 aliphatic rings. The van der Waals surface area contributed by atoms with E-state index in [1.807, 2.05) is 16.9 Å². The molecule has 0 spiro atoms. The first-order valence-electron chi connectivity index (χ1n) is 6.97. The molecule has 0 amide bonds. The Morgan fingerprint density at radius 1 is 1.43 bits per heavy atom. The van der Waals surface area contributed by atoms with Gasteiger partial charge in [-0.05, 0) is 46.7 Å². The Morgan fingerprint density at radius 2 is 2.33 bits per heavy atom. The van der Waals surface area contributed by atoms with Crippen molar-refractivity contribution < 1.29 is 4.74 Å². The van der Waals surface area contributed by atoms with Gasteiger partial charge in [-0.2, -0.15) is 0 Å². The minimum absolute atomic E-state index is 0.478. The maximum absolute atomic E-state index is 4.99. The van der Waals surface area contributed by atoms with Crippen molar-refractivity contribution in [3.05, 3.63) is 23.9 Å². The van der Waals surface area contributed by atoms with Gasteiger partial charge in [0.25, 0.3) is 0 Å². The molecule has 2 heterocycles. The summed E-state index contributed by atoms with van der Waals surface area (Å²) in [6.45, 7) is 2.34. The van der Waals surface area contributed by atoms with Crippen molar-refractivity contribution in [1.29, 1.82) is 0 Å². The second kappa shape index (κ2) is 6.97. The zero-order chi connectivity index (χ0) is 14.5. The molecule has 2 aromatic rings. The topological polar surface area (TPSA) is 77.8 Å². The Morgan fingerprint density at radius 3 is 3.05 bits per heavy atom. The molecular formula is C13H18N6OS. The normalized spacial score (nSPS) is 14.5. The number of hydrogen-bond acceptors (Lipinski definition) is 7. The molecule has 1 fully saturated rings. The molecule has 0 aromatic carbocycles. The fourth-order valence-electron chi connectivity index (χ4n) is 1.88. The van der Waals surface area contributed by atoms with E-state index in [-0.39, 0.29) is 0 Å². The quantitative estimate of drug-likeness (QED) is 0.736. The number of methoxy groups -OCH3 is 1. The lowest BCUT2D eigenvalue weighted by atomic mass is 10.3. The molecule has 0 bridgehead atoms. The average molecular weight is 306 g/mol.